The van der Waals surface area contributed by atoms with Crippen molar-refractivity contribution < 1.29 is 17.9 Å². The van der Waals surface area contributed by atoms with Crippen molar-refractivity contribution in [1.29, 1.82) is 0 Å². The number of nitrogens with one attached hydrogen (secondary N) is 1. The number of benzene rings is 2. The molecule has 7 nitrogen and oxygen atoms in total. The maximum Gasteiger partial charge on any atom is 0.411 e. The van der Waals surface area contributed by atoms with E-state index in [0.717, 1.165) is 29.8 Å². The molecular formula is C23H27Cl2N3O4S. The summed E-state index contributed by atoms with van der Waals surface area (Å²) in [6.07, 6.45) is 1.32. The molecule has 0 bridgehead atoms. The molecule has 2 heterocycles. The van der Waals surface area contributed by atoms with Crippen molar-refractivity contribution in [3.05, 3.63) is 63.1 Å². The van der Waals surface area contributed by atoms with Gasteiger partial charge in [0, 0.05) is 47.8 Å². The normalized spacial score (nSPS) is 20.3. The van der Waals surface area contributed by atoms with E-state index in [1.165, 1.54) is 10.6 Å². The molecule has 1 saturated heterocycles. The molecule has 0 spiro atoms. The zero-order valence-electron chi connectivity index (χ0n) is 18.6. The highest BCUT2D eigenvalue weighted by Gasteiger charge is 2.28. The number of ether oxygens (including phenoxy) is 1. The first-order chi connectivity index (χ1) is 15.6. The highest BCUT2D eigenvalue weighted by atomic mass is 35.5. The lowest BCUT2D eigenvalue weighted by Crippen LogP contribution is -2.41. The Morgan fingerprint density at radius 2 is 1.79 bits per heavy atom. The van der Waals surface area contributed by atoms with E-state index in [-0.39, 0.29) is 12.0 Å². The molecule has 0 aliphatic carbocycles. The number of rotatable bonds is 4. The van der Waals surface area contributed by atoms with Gasteiger partial charge in [0.15, 0.2) is 0 Å². The third kappa shape index (κ3) is 5.81. The van der Waals surface area contributed by atoms with Gasteiger partial charge in [0.25, 0.3) is 0 Å². The summed E-state index contributed by atoms with van der Waals surface area (Å²) >= 11 is 12.7. The summed E-state index contributed by atoms with van der Waals surface area (Å²) in [5.41, 5.74) is 3.96. The van der Waals surface area contributed by atoms with Crippen LogP contribution in [-0.4, -0.2) is 62.8 Å². The van der Waals surface area contributed by atoms with Crippen LogP contribution < -0.4 is 5.32 Å². The standard InChI is InChI=1S/C23H27Cl2N3O4S/c1-27-13-20(19-11-16(24)12-22(25)21(19)14-27)15-3-5-17(6-4-15)26-23(29)32-18-7-9-28(10-8-18)33(2,30)31/h3-6,11-12,18,20H,7-10,13-14H2,1-2H3,(H,26,29). The van der Waals surface area contributed by atoms with Crippen LogP contribution in [0.15, 0.2) is 36.4 Å². The van der Waals surface area contributed by atoms with Crippen LogP contribution in [0.1, 0.15) is 35.4 Å². The van der Waals surface area contributed by atoms with E-state index in [4.69, 9.17) is 27.9 Å². The molecule has 0 radical (unpaired) electrons. The van der Waals surface area contributed by atoms with Crippen molar-refractivity contribution >= 4 is 45.0 Å². The Hall–Kier alpha value is -1.84. The first-order valence-corrected chi connectivity index (χ1v) is 13.4. The lowest BCUT2D eigenvalue weighted by atomic mass is 9.85. The highest BCUT2D eigenvalue weighted by Crippen LogP contribution is 2.38. The Bertz CT molecular complexity index is 1130. The number of fused-ring (bicyclic) bond motifs is 1. The zero-order valence-corrected chi connectivity index (χ0v) is 20.9. The molecule has 0 aromatic heterocycles. The van der Waals surface area contributed by atoms with Crippen molar-refractivity contribution in [2.75, 3.05) is 38.3 Å². The molecule has 2 aromatic rings. The van der Waals surface area contributed by atoms with Crippen molar-refractivity contribution in [3.63, 3.8) is 0 Å². The molecule has 2 aliphatic heterocycles. The lowest BCUT2D eigenvalue weighted by molar-refractivity contribution is 0.0775. The molecule has 178 valence electrons. The fourth-order valence-corrected chi connectivity index (χ4v) is 5.95. The van der Waals surface area contributed by atoms with Crippen molar-refractivity contribution in [1.82, 2.24) is 9.21 Å². The van der Waals surface area contributed by atoms with Crippen molar-refractivity contribution in [2.24, 2.45) is 0 Å². The number of carbonyl (C=O) groups is 1. The van der Waals surface area contributed by atoms with E-state index < -0.39 is 16.1 Å². The molecule has 33 heavy (non-hydrogen) atoms. The number of hydrogen-bond donors (Lipinski definition) is 1. The predicted molar refractivity (Wildman–Crippen MR) is 131 cm³/mol. The van der Waals surface area contributed by atoms with Crippen LogP contribution in [-0.2, 0) is 21.3 Å². The van der Waals surface area contributed by atoms with E-state index in [2.05, 4.69) is 17.3 Å². The molecule has 1 unspecified atom stereocenters. The number of piperidine rings is 1. The minimum Gasteiger partial charge on any atom is -0.446 e. The fourth-order valence-electron chi connectivity index (χ4n) is 4.51. The predicted octanol–water partition coefficient (Wildman–Crippen LogP) is 4.54. The van der Waals surface area contributed by atoms with Crippen LogP contribution >= 0.6 is 23.2 Å². The SMILES string of the molecule is CN1Cc2c(Cl)cc(Cl)cc2C(c2ccc(NC(=O)OC3CCN(S(C)(=O)=O)CC3)cc2)C1. The maximum absolute atomic E-state index is 12.3. The third-order valence-electron chi connectivity index (χ3n) is 6.20. The Morgan fingerprint density at radius 1 is 1.12 bits per heavy atom. The number of carbonyl (C=O) groups excluding carboxylic acids is 1. The Balaban J connectivity index is 1.39. The third-order valence-corrected chi connectivity index (χ3v) is 8.05. The van der Waals surface area contributed by atoms with Crippen LogP contribution in [0.5, 0.6) is 0 Å². The monoisotopic (exact) mass is 511 g/mol. The van der Waals surface area contributed by atoms with Gasteiger partial charge in [-0.05, 0) is 60.8 Å². The molecule has 1 atom stereocenters. The summed E-state index contributed by atoms with van der Waals surface area (Å²) in [5, 5.41) is 4.06. The molecule has 2 aromatic carbocycles. The number of amides is 1. The van der Waals surface area contributed by atoms with E-state index in [9.17, 15) is 13.2 Å². The number of hydrogen-bond acceptors (Lipinski definition) is 5. The van der Waals surface area contributed by atoms with Crippen molar-refractivity contribution in [3.8, 4) is 0 Å². The highest BCUT2D eigenvalue weighted by molar-refractivity contribution is 7.88. The largest absolute Gasteiger partial charge is 0.446 e. The van der Waals surface area contributed by atoms with Gasteiger partial charge < -0.3 is 9.64 Å². The molecule has 2 aliphatic rings. The van der Waals surface area contributed by atoms with E-state index in [1.807, 2.05) is 30.3 Å². The number of sulfonamides is 1. The Labute approximate surface area is 204 Å². The van der Waals surface area contributed by atoms with Crippen LogP contribution in [0.4, 0.5) is 10.5 Å². The summed E-state index contributed by atoms with van der Waals surface area (Å²) in [5.74, 6) is 0.121. The van der Waals surface area contributed by atoms with Crippen molar-refractivity contribution in [2.45, 2.75) is 31.4 Å². The van der Waals surface area contributed by atoms with Gasteiger partial charge in [0.05, 0.1) is 6.26 Å². The number of nitrogens with zero attached hydrogens (tertiary/aromatic N) is 2. The minimum absolute atomic E-state index is 0.121. The molecular weight excluding hydrogens is 485 g/mol. The summed E-state index contributed by atoms with van der Waals surface area (Å²) in [6.45, 7) is 2.33. The molecule has 1 N–H and O–H groups in total. The second-order valence-electron chi connectivity index (χ2n) is 8.72. The van der Waals surface area contributed by atoms with Crippen LogP contribution in [0.2, 0.25) is 10.0 Å². The van der Waals surface area contributed by atoms with E-state index in [1.54, 1.807) is 6.07 Å². The second kappa shape index (κ2) is 9.80. The summed E-state index contributed by atoms with van der Waals surface area (Å²) in [7, 11) is -1.14. The number of halogens is 2. The summed E-state index contributed by atoms with van der Waals surface area (Å²) < 4.78 is 30.1. The van der Waals surface area contributed by atoms with Crippen LogP contribution in [0, 0.1) is 0 Å². The van der Waals surface area contributed by atoms with E-state index >= 15 is 0 Å². The van der Waals surface area contributed by atoms with Gasteiger partial charge in [0.2, 0.25) is 10.0 Å². The molecule has 10 heteroatoms. The summed E-state index contributed by atoms with van der Waals surface area (Å²) in [4.78, 5) is 14.6. The second-order valence-corrected chi connectivity index (χ2v) is 11.5. The number of anilines is 1. The quantitative estimate of drug-likeness (QED) is 0.651. The zero-order chi connectivity index (χ0) is 23.8. The molecule has 0 saturated carbocycles. The lowest BCUT2D eigenvalue weighted by Gasteiger charge is -2.33. The number of likely N-dealkylation sites (N-methyl/N-ethyl adjacent to an activating group) is 1. The van der Waals surface area contributed by atoms with Gasteiger partial charge in [-0.3, -0.25) is 5.32 Å². The van der Waals surface area contributed by atoms with E-state index in [0.29, 0.717) is 41.7 Å². The van der Waals surface area contributed by atoms with Crippen LogP contribution in [0.3, 0.4) is 0 Å². The maximum atomic E-state index is 12.3. The first-order valence-electron chi connectivity index (χ1n) is 10.8. The first kappa shape index (κ1) is 24.3. The molecule has 4 rings (SSSR count). The average molecular weight is 512 g/mol. The Kier molecular flexibility index (Phi) is 7.21. The fraction of sp³-hybridized carbons (Fsp3) is 0.435. The smallest absolute Gasteiger partial charge is 0.411 e. The minimum atomic E-state index is -3.21. The average Bonchev–Trinajstić information content (AvgIpc) is 2.74. The van der Waals surface area contributed by atoms with Gasteiger partial charge in [0.1, 0.15) is 6.10 Å². The van der Waals surface area contributed by atoms with Gasteiger partial charge in [-0.2, -0.15) is 0 Å². The van der Waals surface area contributed by atoms with Gasteiger partial charge in [-0.15, -0.1) is 0 Å². The van der Waals surface area contributed by atoms with Crippen LogP contribution in [0.25, 0.3) is 0 Å². The Morgan fingerprint density at radius 3 is 2.42 bits per heavy atom. The molecule has 1 amide bonds. The molecule has 1 fully saturated rings. The van der Waals surface area contributed by atoms with Gasteiger partial charge in [-0.1, -0.05) is 35.3 Å². The van der Waals surface area contributed by atoms with Gasteiger partial charge in [-0.25, -0.2) is 17.5 Å². The summed E-state index contributed by atoms with van der Waals surface area (Å²) in [6, 6.07) is 11.4. The topological polar surface area (TPSA) is 79.0 Å². The van der Waals surface area contributed by atoms with Gasteiger partial charge >= 0.3 is 6.09 Å².